The summed E-state index contributed by atoms with van der Waals surface area (Å²) in [5.41, 5.74) is 3.39. The Morgan fingerprint density at radius 3 is 2.90 bits per heavy atom. The number of aryl methyl sites for hydroxylation is 1. The van der Waals surface area contributed by atoms with Crippen LogP contribution in [0.3, 0.4) is 0 Å². The molecule has 4 heteroatoms. The maximum Gasteiger partial charge on any atom is 0.253 e. The number of hydrogen-bond acceptors (Lipinski definition) is 1. The van der Waals surface area contributed by atoms with Crippen LogP contribution < -0.4 is 5.32 Å². The van der Waals surface area contributed by atoms with Crippen LogP contribution in [0.15, 0.2) is 48.7 Å². The molecule has 1 aromatic heterocycles. The SMILES string of the molecule is Cc1cccc(CNC(=O)c2c[nH]c3ccc(F)cc23)c1. The molecule has 3 aromatic rings. The van der Waals surface area contributed by atoms with Crippen LogP contribution in [0.1, 0.15) is 21.5 Å². The van der Waals surface area contributed by atoms with E-state index in [1.165, 1.54) is 12.1 Å². The van der Waals surface area contributed by atoms with Gasteiger partial charge in [0.05, 0.1) is 5.56 Å². The Labute approximate surface area is 121 Å². The molecule has 1 heterocycles. The van der Waals surface area contributed by atoms with Crippen LogP contribution in [0, 0.1) is 12.7 Å². The first kappa shape index (κ1) is 13.4. The van der Waals surface area contributed by atoms with Crippen molar-refractivity contribution in [2.45, 2.75) is 13.5 Å². The number of carbonyl (C=O) groups is 1. The molecule has 0 radical (unpaired) electrons. The van der Waals surface area contributed by atoms with Gasteiger partial charge in [-0.2, -0.15) is 0 Å². The van der Waals surface area contributed by atoms with Gasteiger partial charge < -0.3 is 10.3 Å². The third-order valence-corrected chi connectivity index (χ3v) is 3.42. The quantitative estimate of drug-likeness (QED) is 0.758. The molecule has 0 bridgehead atoms. The van der Waals surface area contributed by atoms with Gasteiger partial charge in [-0.3, -0.25) is 4.79 Å². The van der Waals surface area contributed by atoms with Gasteiger partial charge in [-0.25, -0.2) is 4.39 Å². The van der Waals surface area contributed by atoms with Crippen molar-refractivity contribution >= 4 is 16.8 Å². The normalized spacial score (nSPS) is 10.8. The number of fused-ring (bicyclic) bond motifs is 1. The first-order valence-corrected chi connectivity index (χ1v) is 6.74. The maximum atomic E-state index is 13.3. The molecule has 21 heavy (non-hydrogen) atoms. The highest BCUT2D eigenvalue weighted by Crippen LogP contribution is 2.19. The molecule has 0 aliphatic heterocycles. The van der Waals surface area contributed by atoms with Crippen molar-refractivity contribution in [3.05, 3.63) is 71.2 Å². The topological polar surface area (TPSA) is 44.9 Å². The van der Waals surface area contributed by atoms with E-state index >= 15 is 0 Å². The van der Waals surface area contributed by atoms with E-state index in [9.17, 15) is 9.18 Å². The standard InChI is InChI=1S/C17H15FN2O/c1-11-3-2-4-12(7-11)9-20-17(21)15-10-19-16-6-5-13(18)8-14(15)16/h2-8,10,19H,9H2,1H3,(H,20,21). The van der Waals surface area contributed by atoms with Crippen LogP contribution in [0.5, 0.6) is 0 Å². The highest BCUT2D eigenvalue weighted by molar-refractivity contribution is 6.06. The summed E-state index contributed by atoms with van der Waals surface area (Å²) in [5, 5.41) is 3.45. The van der Waals surface area contributed by atoms with Crippen LogP contribution in [-0.2, 0) is 6.54 Å². The molecule has 0 atom stereocenters. The van der Waals surface area contributed by atoms with E-state index in [0.717, 1.165) is 16.6 Å². The number of hydrogen-bond donors (Lipinski definition) is 2. The molecule has 0 unspecified atom stereocenters. The lowest BCUT2D eigenvalue weighted by atomic mass is 10.1. The molecule has 0 aliphatic carbocycles. The second-order valence-corrected chi connectivity index (χ2v) is 5.06. The lowest BCUT2D eigenvalue weighted by Gasteiger charge is -2.05. The van der Waals surface area contributed by atoms with E-state index in [1.807, 2.05) is 31.2 Å². The molecule has 3 nitrogen and oxygen atoms in total. The number of rotatable bonds is 3. The number of H-pyrrole nitrogens is 1. The molecule has 1 amide bonds. The third kappa shape index (κ3) is 2.79. The Balaban J connectivity index is 1.79. The predicted octanol–water partition coefficient (Wildman–Crippen LogP) is 3.55. The molecule has 2 N–H and O–H groups in total. The molecule has 0 saturated carbocycles. The van der Waals surface area contributed by atoms with Crippen LogP contribution in [0.4, 0.5) is 4.39 Å². The number of amides is 1. The average Bonchev–Trinajstić information content (AvgIpc) is 2.88. The van der Waals surface area contributed by atoms with Gasteiger partial charge in [0, 0.05) is 23.6 Å². The minimum atomic E-state index is -0.352. The average molecular weight is 282 g/mol. The van der Waals surface area contributed by atoms with Gasteiger partial charge in [-0.05, 0) is 30.7 Å². The smallest absolute Gasteiger partial charge is 0.253 e. The van der Waals surface area contributed by atoms with E-state index in [4.69, 9.17) is 0 Å². The van der Waals surface area contributed by atoms with E-state index in [-0.39, 0.29) is 11.7 Å². The largest absolute Gasteiger partial charge is 0.360 e. The van der Waals surface area contributed by atoms with Gasteiger partial charge in [0.2, 0.25) is 0 Å². The molecular formula is C17H15FN2O. The molecule has 0 spiro atoms. The number of benzene rings is 2. The predicted molar refractivity (Wildman–Crippen MR) is 80.6 cm³/mol. The summed E-state index contributed by atoms with van der Waals surface area (Å²) >= 11 is 0. The summed E-state index contributed by atoms with van der Waals surface area (Å²) in [7, 11) is 0. The molecule has 106 valence electrons. The fraction of sp³-hybridized carbons (Fsp3) is 0.118. The molecule has 0 saturated heterocycles. The zero-order valence-electron chi connectivity index (χ0n) is 11.6. The number of nitrogens with one attached hydrogen (secondary N) is 2. The van der Waals surface area contributed by atoms with Gasteiger partial charge in [0.25, 0.3) is 5.91 Å². The zero-order valence-corrected chi connectivity index (χ0v) is 11.6. The number of halogens is 1. The summed E-state index contributed by atoms with van der Waals surface area (Å²) in [5.74, 6) is -0.566. The van der Waals surface area contributed by atoms with Crippen molar-refractivity contribution in [2.24, 2.45) is 0 Å². The van der Waals surface area contributed by atoms with E-state index in [1.54, 1.807) is 12.3 Å². The molecular weight excluding hydrogens is 267 g/mol. The molecule has 2 aromatic carbocycles. The van der Waals surface area contributed by atoms with E-state index in [0.29, 0.717) is 17.5 Å². The highest BCUT2D eigenvalue weighted by Gasteiger charge is 2.12. The Morgan fingerprint density at radius 1 is 1.24 bits per heavy atom. The van der Waals surface area contributed by atoms with Crippen LogP contribution in [-0.4, -0.2) is 10.9 Å². The van der Waals surface area contributed by atoms with Crippen LogP contribution >= 0.6 is 0 Å². The van der Waals surface area contributed by atoms with Crippen LogP contribution in [0.25, 0.3) is 10.9 Å². The van der Waals surface area contributed by atoms with Crippen molar-refractivity contribution in [3.8, 4) is 0 Å². The minimum absolute atomic E-state index is 0.214. The zero-order chi connectivity index (χ0) is 14.8. The molecule has 0 fully saturated rings. The minimum Gasteiger partial charge on any atom is -0.360 e. The second-order valence-electron chi connectivity index (χ2n) is 5.06. The molecule has 0 aliphatic rings. The first-order chi connectivity index (χ1) is 10.1. The van der Waals surface area contributed by atoms with E-state index < -0.39 is 0 Å². The Hall–Kier alpha value is -2.62. The summed E-state index contributed by atoms with van der Waals surface area (Å²) in [6.45, 7) is 2.45. The van der Waals surface area contributed by atoms with Crippen molar-refractivity contribution in [3.63, 3.8) is 0 Å². The maximum absolute atomic E-state index is 13.3. The van der Waals surface area contributed by atoms with Gasteiger partial charge >= 0.3 is 0 Å². The summed E-state index contributed by atoms with van der Waals surface area (Å²) in [6, 6.07) is 12.3. The third-order valence-electron chi connectivity index (χ3n) is 3.42. The summed E-state index contributed by atoms with van der Waals surface area (Å²) < 4.78 is 13.3. The Kier molecular flexibility index (Phi) is 3.44. The first-order valence-electron chi connectivity index (χ1n) is 6.74. The monoisotopic (exact) mass is 282 g/mol. The van der Waals surface area contributed by atoms with Gasteiger partial charge in [0.1, 0.15) is 5.82 Å². The summed E-state index contributed by atoms with van der Waals surface area (Å²) in [4.78, 5) is 15.2. The van der Waals surface area contributed by atoms with Crippen molar-refractivity contribution in [2.75, 3.05) is 0 Å². The van der Waals surface area contributed by atoms with Crippen molar-refractivity contribution in [1.29, 1.82) is 0 Å². The number of carbonyl (C=O) groups excluding carboxylic acids is 1. The number of aromatic amines is 1. The van der Waals surface area contributed by atoms with E-state index in [2.05, 4.69) is 10.3 Å². The molecule has 3 rings (SSSR count). The summed E-state index contributed by atoms with van der Waals surface area (Å²) in [6.07, 6.45) is 1.61. The fourth-order valence-corrected chi connectivity index (χ4v) is 2.38. The van der Waals surface area contributed by atoms with Crippen LogP contribution in [0.2, 0.25) is 0 Å². The number of aromatic nitrogens is 1. The van der Waals surface area contributed by atoms with Gasteiger partial charge in [-0.15, -0.1) is 0 Å². The fourth-order valence-electron chi connectivity index (χ4n) is 2.38. The van der Waals surface area contributed by atoms with Gasteiger partial charge in [0.15, 0.2) is 0 Å². The lowest BCUT2D eigenvalue weighted by molar-refractivity contribution is 0.0952. The highest BCUT2D eigenvalue weighted by atomic mass is 19.1. The Bertz CT molecular complexity index is 807. The van der Waals surface area contributed by atoms with Crippen molar-refractivity contribution in [1.82, 2.24) is 10.3 Å². The van der Waals surface area contributed by atoms with Crippen molar-refractivity contribution < 1.29 is 9.18 Å². The Morgan fingerprint density at radius 2 is 2.10 bits per heavy atom. The van der Waals surface area contributed by atoms with Gasteiger partial charge in [-0.1, -0.05) is 29.8 Å². The second kappa shape index (κ2) is 5.40. The lowest BCUT2D eigenvalue weighted by Crippen LogP contribution is -2.22.